The second-order valence-corrected chi connectivity index (χ2v) is 11.7. The predicted octanol–water partition coefficient (Wildman–Crippen LogP) is 5.14. The van der Waals surface area contributed by atoms with Crippen LogP contribution in [0.4, 0.5) is 11.8 Å². The molecule has 38 heavy (non-hydrogen) atoms. The van der Waals surface area contributed by atoms with Crippen LogP contribution in [-0.2, 0) is 19.4 Å². The molecule has 7 heteroatoms. The van der Waals surface area contributed by atoms with E-state index in [-0.39, 0.29) is 0 Å². The Hall–Kier alpha value is -2.38. The molecule has 3 aliphatic rings. The number of nitrogens with one attached hydrogen (secondary N) is 1. The Labute approximate surface area is 230 Å². The molecule has 3 heterocycles. The fourth-order valence-corrected chi connectivity index (χ4v) is 6.24. The van der Waals surface area contributed by atoms with Gasteiger partial charge in [0.2, 0.25) is 5.95 Å². The molecule has 2 aromatic rings. The minimum atomic E-state index is 0.504. The monoisotopic (exact) mass is 520 g/mol. The zero-order valence-corrected chi connectivity index (χ0v) is 23.8. The average Bonchev–Trinajstić information content (AvgIpc) is 3.24. The number of fused-ring (bicyclic) bond motifs is 1. The first-order valence-electron chi connectivity index (χ1n) is 15.1. The van der Waals surface area contributed by atoms with Crippen molar-refractivity contribution in [3.63, 3.8) is 0 Å². The van der Waals surface area contributed by atoms with Crippen LogP contribution in [0, 0.1) is 0 Å². The molecular weight excluding hydrogens is 472 g/mol. The summed E-state index contributed by atoms with van der Waals surface area (Å²) in [5.74, 6) is 3.03. The Morgan fingerprint density at radius 3 is 2.50 bits per heavy atom. The van der Waals surface area contributed by atoms with E-state index in [0.717, 1.165) is 76.8 Å². The van der Waals surface area contributed by atoms with Gasteiger partial charge in [-0.2, -0.15) is 4.98 Å². The lowest BCUT2D eigenvalue weighted by Gasteiger charge is -2.36. The molecule has 1 aromatic carbocycles. The number of hydrogen-bond donors (Lipinski definition) is 1. The van der Waals surface area contributed by atoms with Gasteiger partial charge in [-0.1, -0.05) is 31.4 Å². The summed E-state index contributed by atoms with van der Waals surface area (Å²) in [6, 6.07) is 9.23. The van der Waals surface area contributed by atoms with E-state index in [1.165, 1.54) is 74.0 Å². The van der Waals surface area contributed by atoms with Gasteiger partial charge in [0.05, 0.1) is 12.3 Å². The lowest BCUT2D eigenvalue weighted by Crippen LogP contribution is -2.43. The van der Waals surface area contributed by atoms with Crippen LogP contribution >= 0.6 is 0 Å². The molecule has 0 bridgehead atoms. The second kappa shape index (κ2) is 13.6. The van der Waals surface area contributed by atoms with Gasteiger partial charge in [0.25, 0.3) is 0 Å². The molecular formula is C31H48N6O. The number of piperidine rings is 1. The van der Waals surface area contributed by atoms with Crippen LogP contribution in [0.3, 0.4) is 0 Å². The van der Waals surface area contributed by atoms with Crippen LogP contribution in [0.5, 0.6) is 5.75 Å². The third-order valence-corrected chi connectivity index (χ3v) is 8.39. The van der Waals surface area contributed by atoms with E-state index in [1.54, 1.807) is 0 Å². The molecule has 0 spiro atoms. The third kappa shape index (κ3) is 7.38. The first kappa shape index (κ1) is 27.2. The van der Waals surface area contributed by atoms with E-state index in [0.29, 0.717) is 6.04 Å². The normalized spacial score (nSPS) is 20.4. The molecule has 1 unspecified atom stereocenters. The second-order valence-electron chi connectivity index (χ2n) is 11.7. The van der Waals surface area contributed by atoms with E-state index < -0.39 is 0 Å². The highest BCUT2D eigenvalue weighted by molar-refractivity contribution is 5.54. The summed E-state index contributed by atoms with van der Waals surface area (Å²) in [5, 5.41) is 3.69. The van der Waals surface area contributed by atoms with E-state index in [9.17, 15) is 0 Å². The van der Waals surface area contributed by atoms with Crippen molar-refractivity contribution in [1.82, 2.24) is 19.8 Å². The molecule has 0 amide bonds. The summed E-state index contributed by atoms with van der Waals surface area (Å²) < 4.78 is 5.93. The molecule has 1 N–H and O–H groups in total. The maximum atomic E-state index is 5.93. The lowest BCUT2D eigenvalue weighted by atomic mass is 10.0. The number of aryl methyl sites for hydroxylation is 1. The SMILES string of the molecule is CN(C)CCCOc1ccc(CN2CCCCC2CNc2nc3c(c(N4CCCCCC4)n2)CCC3)cc1. The Bertz CT molecular complexity index is 1000. The standard InChI is InChI=1S/C31H48N6O/c1-35(2)18-10-22-38-27-16-14-25(15-17-27)24-37-21-8-5-11-26(37)23-32-31-33-29-13-9-12-28(29)30(34-31)36-19-6-3-4-7-20-36/h14-17,26H,3-13,18-24H2,1-2H3,(H,32,33,34). The topological polar surface area (TPSA) is 56.8 Å². The quantitative estimate of drug-likeness (QED) is 0.412. The summed E-state index contributed by atoms with van der Waals surface area (Å²) >= 11 is 0. The molecule has 0 radical (unpaired) electrons. The van der Waals surface area contributed by atoms with Gasteiger partial charge in [0.15, 0.2) is 0 Å². The van der Waals surface area contributed by atoms with Gasteiger partial charge in [-0.15, -0.1) is 0 Å². The molecule has 7 nitrogen and oxygen atoms in total. The number of likely N-dealkylation sites (tertiary alicyclic amines) is 1. The van der Waals surface area contributed by atoms with Gasteiger partial charge in [0, 0.05) is 44.3 Å². The van der Waals surface area contributed by atoms with Gasteiger partial charge in [0.1, 0.15) is 11.6 Å². The maximum Gasteiger partial charge on any atom is 0.224 e. The lowest BCUT2D eigenvalue weighted by molar-refractivity contribution is 0.148. The molecule has 2 fully saturated rings. The molecule has 2 aliphatic heterocycles. The summed E-state index contributed by atoms with van der Waals surface area (Å²) in [7, 11) is 4.20. The minimum absolute atomic E-state index is 0.504. The zero-order chi connectivity index (χ0) is 26.2. The third-order valence-electron chi connectivity index (χ3n) is 8.39. The average molecular weight is 521 g/mol. The largest absolute Gasteiger partial charge is 0.494 e. The van der Waals surface area contributed by atoms with E-state index in [2.05, 4.69) is 58.4 Å². The van der Waals surface area contributed by atoms with Crippen molar-refractivity contribution in [2.45, 2.75) is 83.2 Å². The molecule has 208 valence electrons. The Kier molecular flexibility index (Phi) is 9.74. The van der Waals surface area contributed by atoms with Gasteiger partial charge >= 0.3 is 0 Å². The maximum absolute atomic E-state index is 5.93. The van der Waals surface area contributed by atoms with Gasteiger partial charge in [-0.05, 0) is 89.7 Å². The molecule has 5 rings (SSSR count). The smallest absolute Gasteiger partial charge is 0.224 e. The number of hydrogen-bond acceptors (Lipinski definition) is 7. The highest BCUT2D eigenvalue weighted by atomic mass is 16.5. The van der Waals surface area contributed by atoms with Crippen molar-refractivity contribution in [2.24, 2.45) is 0 Å². The van der Waals surface area contributed by atoms with Crippen LogP contribution < -0.4 is 15.0 Å². The Morgan fingerprint density at radius 2 is 1.71 bits per heavy atom. The van der Waals surface area contributed by atoms with Crippen LogP contribution in [0.15, 0.2) is 24.3 Å². The van der Waals surface area contributed by atoms with E-state index in [1.807, 2.05) is 0 Å². The van der Waals surface area contributed by atoms with Crippen molar-refractivity contribution in [2.75, 3.05) is 63.6 Å². The van der Waals surface area contributed by atoms with Crippen LogP contribution in [0.2, 0.25) is 0 Å². The summed E-state index contributed by atoms with van der Waals surface area (Å²) in [6.45, 7) is 7.14. The summed E-state index contributed by atoms with van der Waals surface area (Å²) in [6.07, 6.45) is 13.5. The van der Waals surface area contributed by atoms with Gasteiger partial charge < -0.3 is 19.9 Å². The van der Waals surface area contributed by atoms with Crippen molar-refractivity contribution in [3.05, 3.63) is 41.1 Å². The summed E-state index contributed by atoms with van der Waals surface area (Å²) in [4.78, 5) is 17.5. The number of ether oxygens (including phenoxy) is 1. The highest BCUT2D eigenvalue weighted by Crippen LogP contribution is 2.31. The van der Waals surface area contributed by atoms with Crippen molar-refractivity contribution in [3.8, 4) is 5.75 Å². The zero-order valence-electron chi connectivity index (χ0n) is 23.8. The number of aromatic nitrogens is 2. The molecule has 1 aliphatic carbocycles. The van der Waals surface area contributed by atoms with Crippen LogP contribution in [0.25, 0.3) is 0 Å². The fraction of sp³-hybridized carbons (Fsp3) is 0.677. The number of nitrogens with zero attached hydrogens (tertiary/aromatic N) is 5. The van der Waals surface area contributed by atoms with E-state index in [4.69, 9.17) is 14.7 Å². The van der Waals surface area contributed by atoms with Crippen LogP contribution in [-0.4, -0.2) is 79.2 Å². The first-order chi connectivity index (χ1) is 18.7. The van der Waals surface area contributed by atoms with Crippen LogP contribution in [0.1, 0.15) is 74.6 Å². The fourth-order valence-electron chi connectivity index (χ4n) is 6.24. The Balaban J connectivity index is 1.18. The molecule has 1 aromatic heterocycles. The minimum Gasteiger partial charge on any atom is -0.494 e. The number of benzene rings is 1. The molecule has 0 saturated carbocycles. The van der Waals surface area contributed by atoms with Crippen molar-refractivity contribution < 1.29 is 4.74 Å². The molecule has 2 saturated heterocycles. The van der Waals surface area contributed by atoms with Crippen molar-refractivity contribution >= 4 is 11.8 Å². The van der Waals surface area contributed by atoms with Gasteiger partial charge in [-0.25, -0.2) is 4.98 Å². The first-order valence-corrected chi connectivity index (χ1v) is 15.1. The van der Waals surface area contributed by atoms with E-state index >= 15 is 0 Å². The number of rotatable bonds is 11. The van der Waals surface area contributed by atoms with Gasteiger partial charge in [-0.3, -0.25) is 4.90 Å². The Morgan fingerprint density at radius 1 is 0.921 bits per heavy atom. The van der Waals surface area contributed by atoms with Crippen molar-refractivity contribution in [1.29, 1.82) is 0 Å². The molecule has 1 atom stereocenters. The summed E-state index contributed by atoms with van der Waals surface area (Å²) in [5.41, 5.74) is 4.06. The highest BCUT2D eigenvalue weighted by Gasteiger charge is 2.26. The predicted molar refractivity (Wildman–Crippen MR) is 156 cm³/mol. The number of anilines is 2.